The second-order valence-corrected chi connectivity index (χ2v) is 16.1. The Morgan fingerprint density at radius 3 is 1.85 bits per heavy atom. The van der Waals surface area contributed by atoms with Gasteiger partial charge >= 0.3 is 0 Å². The number of rotatable bonds is 4. The highest BCUT2D eigenvalue weighted by Gasteiger charge is 2.40. The van der Waals surface area contributed by atoms with Gasteiger partial charge in [0.2, 0.25) is 0 Å². The summed E-state index contributed by atoms with van der Waals surface area (Å²) >= 11 is 0. The Balaban J connectivity index is 1.14. The zero-order valence-electron chi connectivity index (χ0n) is 30.9. The van der Waals surface area contributed by atoms with Crippen molar-refractivity contribution in [1.29, 1.82) is 0 Å². The Labute approximate surface area is 315 Å². The molecule has 0 spiro atoms. The highest BCUT2D eigenvalue weighted by atomic mass is 16.3. The van der Waals surface area contributed by atoms with E-state index in [1.807, 2.05) is 12.1 Å². The third-order valence-electron chi connectivity index (χ3n) is 12.4. The minimum absolute atomic E-state index is 0.118. The summed E-state index contributed by atoms with van der Waals surface area (Å²) in [6.07, 6.45) is 0. The summed E-state index contributed by atoms with van der Waals surface area (Å²) in [6.45, 7) is 9.51. The number of hydrogen-bond donors (Lipinski definition) is 0. The van der Waals surface area contributed by atoms with Crippen molar-refractivity contribution >= 4 is 49.8 Å². The molecule has 2 nitrogen and oxygen atoms in total. The van der Waals surface area contributed by atoms with E-state index >= 15 is 0 Å². The Morgan fingerprint density at radius 2 is 1.04 bits per heavy atom. The average Bonchev–Trinajstić information content (AvgIpc) is 3.78. The zero-order chi connectivity index (χ0) is 36.3. The maximum absolute atomic E-state index is 6.28. The number of hydrogen-bond acceptors (Lipinski definition) is 2. The summed E-state index contributed by atoms with van der Waals surface area (Å²) in [5.74, 6) is 0. The van der Waals surface area contributed by atoms with Crippen LogP contribution in [0.4, 0.5) is 17.1 Å². The van der Waals surface area contributed by atoms with Crippen LogP contribution in [0.15, 0.2) is 168 Å². The van der Waals surface area contributed by atoms with Gasteiger partial charge in [0.05, 0.1) is 5.69 Å². The lowest BCUT2D eigenvalue weighted by Crippen LogP contribution is -2.18. The minimum Gasteiger partial charge on any atom is -0.456 e. The Morgan fingerprint density at radius 1 is 0.426 bits per heavy atom. The molecule has 54 heavy (non-hydrogen) atoms. The van der Waals surface area contributed by atoms with Crippen LogP contribution < -0.4 is 4.90 Å². The van der Waals surface area contributed by atoms with Crippen molar-refractivity contribution in [2.75, 3.05) is 4.90 Å². The number of furan rings is 1. The first kappa shape index (κ1) is 31.2. The van der Waals surface area contributed by atoms with Gasteiger partial charge in [-0.1, -0.05) is 143 Å². The number of anilines is 3. The molecule has 0 unspecified atom stereocenters. The summed E-state index contributed by atoms with van der Waals surface area (Å²) in [6, 6.07) is 60.4. The number of benzene rings is 8. The monoisotopic (exact) mass is 693 g/mol. The van der Waals surface area contributed by atoms with Crippen LogP contribution in [-0.4, -0.2) is 0 Å². The Bertz CT molecular complexity index is 3000. The van der Waals surface area contributed by atoms with Crippen LogP contribution in [-0.2, 0) is 10.8 Å². The maximum atomic E-state index is 6.28. The van der Waals surface area contributed by atoms with E-state index in [0.29, 0.717) is 0 Å². The molecule has 0 atom stereocenters. The summed E-state index contributed by atoms with van der Waals surface area (Å²) in [5, 5.41) is 4.87. The van der Waals surface area contributed by atoms with Gasteiger partial charge in [0.1, 0.15) is 11.2 Å². The topological polar surface area (TPSA) is 16.4 Å². The second kappa shape index (κ2) is 11.1. The largest absolute Gasteiger partial charge is 0.456 e. The molecule has 8 aromatic carbocycles. The maximum Gasteiger partial charge on any atom is 0.136 e. The molecule has 2 aliphatic carbocycles. The quantitative estimate of drug-likeness (QED) is 0.182. The molecule has 9 aromatic rings. The lowest BCUT2D eigenvalue weighted by molar-refractivity contribution is 0.660. The van der Waals surface area contributed by atoms with Gasteiger partial charge in [0.25, 0.3) is 0 Å². The number of nitrogens with zero attached hydrogens (tertiary/aromatic N) is 1. The molecule has 258 valence electrons. The molecule has 0 radical (unpaired) electrons. The summed E-state index contributed by atoms with van der Waals surface area (Å²) in [7, 11) is 0. The zero-order valence-corrected chi connectivity index (χ0v) is 30.9. The lowest BCUT2D eigenvalue weighted by Gasteiger charge is -2.31. The molecule has 11 rings (SSSR count). The van der Waals surface area contributed by atoms with E-state index in [1.54, 1.807) is 0 Å². The second-order valence-electron chi connectivity index (χ2n) is 16.1. The molecule has 0 amide bonds. The van der Waals surface area contributed by atoms with Crippen molar-refractivity contribution in [3.63, 3.8) is 0 Å². The molecular weight excluding hydrogens is 655 g/mol. The summed E-state index contributed by atoms with van der Waals surface area (Å²) in [5.41, 5.74) is 18.1. The van der Waals surface area contributed by atoms with Gasteiger partial charge in [-0.05, 0) is 109 Å². The molecular formula is C52H39NO. The fourth-order valence-corrected chi connectivity index (χ4v) is 9.78. The van der Waals surface area contributed by atoms with E-state index in [0.717, 1.165) is 44.4 Å². The van der Waals surface area contributed by atoms with Gasteiger partial charge in [-0.2, -0.15) is 0 Å². The molecule has 2 heteroatoms. The van der Waals surface area contributed by atoms with E-state index in [4.69, 9.17) is 4.42 Å². The molecule has 0 bridgehead atoms. The molecule has 0 fully saturated rings. The lowest BCUT2D eigenvalue weighted by atomic mass is 9.80. The van der Waals surface area contributed by atoms with Gasteiger partial charge in [0, 0.05) is 38.5 Å². The molecule has 0 N–H and O–H groups in total. The van der Waals surface area contributed by atoms with Crippen molar-refractivity contribution in [2.45, 2.75) is 38.5 Å². The Kier molecular flexibility index (Phi) is 6.39. The standard InChI is InChI=1S/C52H39NO/c1-51(2)43-18-10-7-15-38(43)39-28-26-36(31-45(39)51)53(35-24-21-32(22-25-35)33-23-27-41-40-16-9-12-20-47(40)54-48(41)30-33)46-29-34-13-5-6-14-37(34)50-49(46)42-17-8-11-19-44(42)52(50,3)4/h5-31H,1-4H3. The summed E-state index contributed by atoms with van der Waals surface area (Å²) < 4.78 is 6.28. The smallest absolute Gasteiger partial charge is 0.136 e. The third-order valence-corrected chi connectivity index (χ3v) is 12.4. The van der Waals surface area contributed by atoms with Crippen molar-refractivity contribution in [1.82, 2.24) is 0 Å². The molecule has 0 saturated carbocycles. The van der Waals surface area contributed by atoms with E-state index in [9.17, 15) is 0 Å². The molecule has 2 aliphatic rings. The fourth-order valence-electron chi connectivity index (χ4n) is 9.78. The van der Waals surface area contributed by atoms with Crippen LogP contribution in [0, 0.1) is 0 Å². The average molecular weight is 694 g/mol. The van der Waals surface area contributed by atoms with Crippen molar-refractivity contribution in [2.24, 2.45) is 0 Å². The number of para-hydroxylation sites is 1. The predicted octanol–water partition coefficient (Wildman–Crippen LogP) is 14.5. The highest BCUT2D eigenvalue weighted by molar-refractivity contribution is 6.07. The van der Waals surface area contributed by atoms with E-state index < -0.39 is 0 Å². The van der Waals surface area contributed by atoms with Crippen LogP contribution in [0.3, 0.4) is 0 Å². The predicted molar refractivity (Wildman–Crippen MR) is 226 cm³/mol. The van der Waals surface area contributed by atoms with Crippen LogP contribution in [0.1, 0.15) is 49.9 Å². The highest BCUT2D eigenvalue weighted by Crippen LogP contribution is 2.57. The minimum atomic E-state index is -0.159. The first-order valence-corrected chi connectivity index (χ1v) is 19.0. The van der Waals surface area contributed by atoms with Gasteiger partial charge in [-0.3, -0.25) is 0 Å². The van der Waals surface area contributed by atoms with Crippen molar-refractivity contribution in [3.05, 3.63) is 186 Å². The fraction of sp³-hybridized carbons (Fsp3) is 0.115. The van der Waals surface area contributed by atoms with E-state index in [1.165, 1.54) is 61.0 Å². The van der Waals surface area contributed by atoms with Gasteiger partial charge in [-0.25, -0.2) is 0 Å². The summed E-state index contributed by atoms with van der Waals surface area (Å²) in [4.78, 5) is 2.51. The molecule has 1 heterocycles. The molecule has 1 aromatic heterocycles. The van der Waals surface area contributed by atoms with E-state index in [-0.39, 0.29) is 10.8 Å². The van der Waals surface area contributed by atoms with Gasteiger partial charge < -0.3 is 9.32 Å². The SMILES string of the molecule is CC1(C)c2ccccc2-c2ccc(N(c3ccc(-c4ccc5c(c4)oc4ccccc45)cc3)c3cc4ccccc4c4c3-c3ccccc3C4(C)C)cc21. The van der Waals surface area contributed by atoms with Gasteiger partial charge in [-0.15, -0.1) is 0 Å². The normalized spacial score (nSPS) is 14.6. The Hall–Kier alpha value is -6.38. The first-order chi connectivity index (χ1) is 26.3. The van der Waals surface area contributed by atoms with Crippen LogP contribution >= 0.6 is 0 Å². The van der Waals surface area contributed by atoms with Crippen molar-refractivity contribution in [3.8, 4) is 33.4 Å². The third kappa shape index (κ3) is 4.28. The first-order valence-electron chi connectivity index (χ1n) is 19.0. The van der Waals surface area contributed by atoms with Crippen LogP contribution in [0.25, 0.3) is 66.1 Å². The molecule has 0 aliphatic heterocycles. The molecule has 0 saturated heterocycles. The van der Waals surface area contributed by atoms with E-state index in [2.05, 4.69) is 184 Å². The van der Waals surface area contributed by atoms with Crippen molar-refractivity contribution < 1.29 is 4.42 Å². The number of fused-ring (bicyclic) bond motifs is 11. The van der Waals surface area contributed by atoms with Crippen LogP contribution in [0.2, 0.25) is 0 Å². The van der Waals surface area contributed by atoms with Crippen LogP contribution in [0.5, 0.6) is 0 Å². The van der Waals surface area contributed by atoms with Gasteiger partial charge in [0.15, 0.2) is 0 Å².